The largest absolute Gasteiger partial charge is 0.349 e. The van der Waals surface area contributed by atoms with Gasteiger partial charge < -0.3 is 20.1 Å². The predicted molar refractivity (Wildman–Crippen MR) is 64.8 cm³/mol. The van der Waals surface area contributed by atoms with Crippen molar-refractivity contribution in [3.8, 4) is 0 Å². The fourth-order valence-electron chi connectivity index (χ4n) is 0.926. The zero-order chi connectivity index (χ0) is 11.7. The Hall–Kier alpha value is -0.130. The molecule has 0 atom stereocenters. The highest BCUT2D eigenvalue weighted by Crippen LogP contribution is 2.46. The van der Waals surface area contributed by atoms with Crippen molar-refractivity contribution in [3.63, 3.8) is 0 Å². The van der Waals surface area contributed by atoms with E-state index in [0.717, 1.165) is 0 Å². The molecule has 0 rings (SSSR count). The average molecular weight is 275 g/mol. The summed E-state index contributed by atoms with van der Waals surface area (Å²) < 4.78 is 21.8. The highest BCUT2D eigenvalue weighted by molar-refractivity contribution is 7.53. The lowest BCUT2D eigenvalue weighted by Gasteiger charge is -2.17. The van der Waals surface area contributed by atoms with Gasteiger partial charge in [0, 0.05) is 13.0 Å². The fourth-order valence-corrected chi connectivity index (χ4v) is 2.34. The van der Waals surface area contributed by atoms with Gasteiger partial charge in [-0.2, -0.15) is 0 Å². The van der Waals surface area contributed by atoms with E-state index in [-0.39, 0.29) is 50.8 Å². The summed E-state index contributed by atoms with van der Waals surface area (Å²) in [5, 5.41) is 2.46. The van der Waals surface area contributed by atoms with Gasteiger partial charge in [0.05, 0.1) is 13.2 Å². The minimum absolute atomic E-state index is 0. The van der Waals surface area contributed by atoms with Gasteiger partial charge in [-0.3, -0.25) is 9.36 Å². The summed E-state index contributed by atoms with van der Waals surface area (Å²) in [6.07, 6.45) is 0.103. The van der Waals surface area contributed by atoms with Crippen LogP contribution in [-0.2, 0) is 18.4 Å². The molecule has 6 nitrogen and oxygen atoms in total. The van der Waals surface area contributed by atoms with Crippen LogP contribution < -0.4 is 11.1 Å². The standard InChI is InChI=1S/C8H19N2O4P.ClH/c1-3-13-15(12,14-4-2)7-10-8(11)5-6-9;/h3-7,9H2,1-2H3,(H,10,11);1H. The van der Waals surface area contributed by atoms with Gasteiger partial charge in [0.2, 0.25) is 5.91 Å². The molecule has 98 valence electrons. The first kappa shape index (κ1) is 18.2. The van der Waals surface area contributed by atoms with Gasteiger partial charge in [-0.25, -0.2) is 0 Å². The first-order valence-electron chi connectivity index (χ1n) is 4.92. The van der Waals surface area contributed by atoms with Crippen LogP contribution in [0, 0.1) is 0 Å². The molecule has 3 N–H and O–H groups in total. The van der Waals surface area contributed by atoms with Crippen LogP contribution in [0.1, 0.15) is 20.3 Å². The van der Waals surface area contributed by atoms with E-state index in [1.54, 1.807) is 13.8 Å². The maximum Gasteiger partial charge on any atom is 0.349 e. The molecular formula is C8H20ClN2O4P. The fraction of sp³-hybridized carbons (Fsp3) is 0.875. The molecule has 0 aliphatic rings. The molecule has 8 heteroatoms. The van der Waals surface area contributed by atoms with E-state index < -0.39 is 7.60 Å². The van der Waals surface area contributed by atoms with Crippen molar-refractivity contribution < 1.29 is 18.4 Å². The molecule has 0 aromatic rings. The molecule has 0 bridgehead atoms. The van der Waals surface area contributed by atoms with Gasteiger partial charge in [0.1, 0.15) is 6.29 Å². The zero-order valence-electron chi connectivity index (χ0n) is 9.60. The average Bonchev–Trinajstić information content (AvgIpc) is 2.16. The Labute approximate surface area is 102 Å². The van der Waals surface area contributed by atoms with E-state index in [1.165, 1.54) is 0 Å². The second-order valence-electron chi connectivity index (χ2n) is 2.74. The minimum atomic E-state index is -3.17. The summed E-state index contributed by atoms with van der Waals surface area (Å²) in [6.45, 7) is 4.26. The number of hydrogen-bond acceptors (Lipinski definition) is 5. The Balaban J connectivity index is 0. The van der Waals surface area contributed by atoms with Crippen molar-refractivity contribution in [2.75, 3.05) is 26.0 Å². The Morgan fingerprint density at radius 2 is 1.81 bits per heavy atom. The van der Waals surface area contributed by atoms with E-state index in [2.05, 4.69) is 5.32 Å². The maximum absolute atomic E-state index is 11.8. The van der Waals surface area contributed by atoms with Crippen LogP contribution in [-0.4, -0.2) is 32.0 Å². The van der Waals surface area contributed by atoms with Gasteiger partial charge in [0.15, 0.2) is 0 Å². The lowest BCUT2D eigenvalue weighted by atomic mass is 10.4. The van der Waals surface area contributed by atoms with Crippen molar-refractivity contribution in [1.29, 1.82) is 0 Å². The molecule has 0 aliphatic heterocycles. The molecule has 0 heterocycles. The van der Waals surface area contributed by atoms with Crippen LogP contribution in [0.15, 0.2) is 0 Å². The molecule has 0 spiro atoms. The highest BCUT2D eigenvalue weighted by Gasteiger charge is 2.23. The van der Waals surface area contributed by atoms with Crippen LogP contribution in [0.4, 0.5) is 0 Å². The summed E-state index contributed by atoms with van der Waals surface area (Å²) in [7, 11) is -3.17. The topological polar surface area (TPSA) is 90.7 Å². The summed E-state index contributed by atoms with van der Waals surface area (Å²) in [6, 6.07) is 0. The second kappa shape index (κ2) is 10.1. The van der Waals surface area contributed by atoms with Crippen molar-refractivity contribution in [2.45, 2.75) is 20.3 Å². The molecule has 0 fully saturated rings. The Bertz CT molecular complexity index is 230. The third kappa shape index (κ3) is 8.07. The lowest BCUT2D eigenvalue weighted by molar-refractivity contribution is -0.120. The zero-order valence-corrected chi connectivity index (χ0v) is 11.3. The molecule has 0 radical (unpaired) electrons. The summed E-state index contributed by atoms with van der Waals surface area (Å²) >= 11 is 0. The van der Waals surface area contributed by atoms with Crippen LogP contribution in [0.5, 0.6) is 0 Å². The Morgan fingerprint density at radius 3 is 2.19 bits per heavy atom. The lowest BCUT2D eigenvalue weighted by Crippen LogP contribution is -2.27. The number of carbonyl (C=O) groups excluding carboxylic acids is 1. The quantitative estimate of drug-likeness (QED) is 0.647. The van der Waals surface area contributed by atoms with Crippen LogP contribution in [0.3, 0.4) is 0 Å². The van der Waals surface area contributed by atoms with Crippen LogP contribution in [0.25, 0.3) is 0 Å². The first-order chi connectivity index (χ1) is 7.08. The van der Waals surface area contributed by atoms with Crippen LogP contribution >= 0.6 is 20.0 Å². The van der Waals surface area contributed by atoms with Crippen molar-refractivity contribution in [1.82, 2.24) is 5.32 Å². The third-order valence-corrected chi connectivity index (χ3v) is 3.34. The second-order valence-corrected chi connectivity index (χ2v) is 4.80. The van der Waals surface area contributed by atoms with Crippen molar-refractivity contribution >= 4 is 25.9 Å². The molecule has 0 saturated carbocycles. The molecule has 16 heavy (non-hydrogen) atoms. The number of nitrogens with one attached hydrogen (secondary N) is 1. The molecule has 1 amide bonds. The third-order valence-electron chi connectivity index (χ3n) is 1.49. The van der Waals surface area contributed by atoms with Crippen LogP contribution in [0.2, 0.25) is 0 Å². The maximum atomic E-state index is 11.8. The predicted octanol–water partition coefficient (Wildman–Crippen LogP) is 1.10. The van der Waals surface area contributed by atoms with Gasteiger partial charge in [0.25, 0.3) is 0 Å². The number of carbonyl (C=O) groups is 1. The summed E-state index contributed by atoms with van der Waals surface area (Å²) in [5.41, 5.74) is 5.19. The smallest absolute Gasteiger partial charge is 0.344 e. The summed E-state index contributed by atoms with van der Waals surface area (Å²) in [4.78, 5) is 11.1. The van der Waals surface area contributed by atoms with E-state index in [0.29, 0.717) is 0 Å². The molecule has 0 aromatic carbocycles. The van der Waals surface area contributed by atoms with Gasteiger partial charge >= 0.3 is 7.60 Å². The first-order valence-corrected chi connectivity index (χ1v) is 6.65. The minimum Gasteiger partial charge on any atom is -0.344 e. The van der Waals surface area contributed by atoms with Crippen molar-refractivity contribution in [2.24, 2.45) is 5.73 Å². The van der Waals surface area contributed by atoms with Gasteiger partial charge in [-0.15, -0.1) is 12.4 Å². The van der Waals surface area contributed by atoms with E-state index in [1.807, 2.05) is 0 Å². The number of nitrogens with two attached hydrogens (primary N) is 1. The van der Waals surface area contributed by atoms with Gasteiger partial charge in [-0.05, 0) is 13.8 Å². The molecule has 0 unspecified atom stereocenters. The summed E-state index contributed by atoms with van der Waals surface area (Å²) in [5.74, 6) is -0.253. The highest BCUT2D eigenvalue weighted by atomic mass is 35.5. The number of hydrogen-bond donors (Lipinski definition) is 2. The molecular weight excluding hydrogens is 255 g/mol. The van der Waals surface area contributed by atoms with Gasteiger partial charge in [-0.1, -0.05) is 0 Å². The molecule has 0 saturated heterocycles. The monoisotopic (exact) mass is 274 g/mol. The normalized spacial score (nSPS) is 10.7. The van der Waals surface area contributed by atoms with Crippen molar-refractivity contribution in [3.05, 3.63) is 0 Å². The Kier molecular flexibility index (Phi) is 11.5. The van der Waals surface area contributed by atoms with E-state index in [9.17, 15) is 9.36 Å². The molecule has 0 aromatic heterocycles. The van der Waals surface area contributed by atoms with E-state index >= 15 is 0 Å². The Morgan fingerprint density at radius 1 is 1.31 bits per heavy atom. The number of halogens is 1. The van der Waals surface area contributed by atoms with E-state index in [4.69, 9.17) is 14.8 Å². The number of amides is 1. The number of rotatable bonds is 8. The molecule has 0 aliphatic carbocycles. The SMILES string of the molecule is CCOP(=O)(CNC(=O)CCN)OCC.Cl.